The van der Waals surface area contributed by atoms with Crippen molar-refractivity contribution >= 4 is 34.1 Å². The predicted molar refractivity (Wildman–Crippen MR) is 116 cm³/mol. The van der Waals surface area contributed by atoms with Gasteiger partial charge in [-0.25, -0.2) is 0 Å². The van der Waals surface area contributed by atoms with Crippen molar-refractivity contribution in [1.29, 1.82) is 0 Å². The average molecular weight is 429 g/mol. The van der Waals surface area contributed by atoms with E-state index in [0.29, 0.717) is 18.3 Å². The van der Waals surface area contributed by atoms with Crippen LogP contribution >= 0.6 is 23.1 Å². The third kappa shape index (κ3) is 5.36. The van der Waals surface area contributed by atoms with E-state index in [1.165, 1.54) is 41.5 Å². The highest BCUT2D eigenvalue weighted by atomic mass is 32.2. The highest BCUT2D eigenvalue weighted by molar-refractivity contribution is 8.01. The lowest BCUT2D eigenvalue weighted by Crippen LogP contribution is -2.25. The van der Waals surface area contributed by atoms with Gasteiger partial charge in [-0.1, -0.05) is 53.4 Å². The molecule has 7 nitrogen and oxygen atoms in total. The molecule has 0 spiro atoms. The van der Waals surface area contributed by atoms with Crippen LogP contribution in [0.2, 0.25) is 0 Å². The summed E-state index contributed by atoms with van der Waals surface area (Å²) in [7, 11) is 0. The van der Waals surface area contributed by atoms with Gasteiger partial charge < -0.3 is 10.6 Å². The Hall–Kier alpha value is -2.39. The molecule has 2 N–H and O–H groups in total. The van der Waals surface area contributed by atoms with Crippen LogP contribution in [-0.2, 0) is 17.9 Å². The third-order valence-electron chi connectivity index (χ3n) is 4.81. The second-order valence-electron chi connectivity index (χ2n) is 7.15. The van der Waals surface area contributed by atoms with Crippen LogP contribution in [0.25, 0.3) is 0 Å². The molecule has 2 heterocycles. The first kappa shape index (κ1) is 19.9. The van der Waals surface area contributed by atoms with Crippen LogP contribution in [0, 0.1) is 13.8 Å². The first-order valence-corrected chi connectivity index (χ1v) is 11.4. The van der Waals surface area contributed by atoms with E-state index in [-0.39, 0.29) is 5.91 Å². The van der Waals surface area contributed by atoms with E-state index < -0.39 is 0 Å². The Morgan fingerprint density at radius 1 is 1.24 bits per heavy atom. The van der Waals surface area contributed by atoms with Crippen molar-refractivity contribution in [3.8, 4) is 0 Å². The highest BCUT2D eigenvalue weighted by Crippen LogP contribution is 2.30. The zero-order chi connectivity index (χ0) is 20.2. The molecule has 1 amide bonds. The fourth-order valence-electron chi connectivity index (χ4n) is 2.99. The van der Waals surface area contributed by atoms with Gasteiger partial charge in [-0.2, -0.15) is 5.10 Å². The van der Waals surface area contributed by atoms with E-state index in [2.05, 4.69) is 45.0 Å². The van der Waals surface area contributed by atoms with E-state index in [1.807, 2.05) is 29.8 Å². The molecule has 152 valence electrons. The number of aromatic nitrogens is 4. The molecule has 0 bridgehead atoms. The number of hydrogen-bond acceptors (Lipinski definition) is 7. The van der Waals surface area contributed by atoms with Crippen molar-refractivity contribution in [3.63, 3.8) is 0 Å². The SMILES string of the molecule is Cc1nn(Cc2ccccc2)c(C)c1CNC(=O)CSc1nnc(NC2CC2)s1. The van der Waals surface area contributed by atoms with Crippen LogP contribution < -0.4 is 10.6 Å². The molecular weight excluding hydrogens is 404 g/mol. The maximum Gasteiger partial charge on any atom is 0.230 e. The Balaban J connectivity index is 1.28. The van der Waals surface area contributed by atoms with Gasteiger partial charge in [0.1, 0.15) is 0 Å². The summed E-state index contributed by atoms with van der Waals surface area (Å²) in [5.41, 5.74) is 4.31. The maximum atomic E-state index is 12.3. The Kier molecular flexibility index (Phi) is 6.15. The number of anilines is 1. The zero-order valence-electron chi connectivity index (χ0n) is 16.5. The number of nitrogens with one attached hydrogen (secondary N) is 2. The summed E-state index contributed by atoms with van der Waals surface area (Å²) in [4.78, 5) is 12.3. The van der Waals surface area contributed by atoms with Crippen LogP contribution in [0.3, 0.4) is 0 Å². The fraction of sp³-hybridized carbons (Fsp3) is 0.400. The van der Waals surface area contributed by atoms with E-state index in [4.69, 9.17) is 0 Å². The summed E-state index contributed by atoms with van der Waals surface area (Å²) in [5.74, 6) is 0.311. The minimum absolute atomic E-state index is 0.0171. The number of aryl methyl sites for hydroxylation is 1. The van der Waals surface area contributed by atoms with Crippen molar-refractivity contribution in [2.45, 2.75) is 50.2 Å². The van der Waals surface area contributed by atoms with Crippen LogP contribution in [0.5, 0.6) is 0 Å². The summed E-state index contributed by atoms with van der Waals surface area (Å²) < 4.78 is 2.81. The van der Waals surface area contributed by atoms with Crippen molar-refractivity contribution < 1.29 is 4.79 Å². The number of thioether (sulfide) groups is 1. The van der Waals surface area contributed by atoms with Crippen LogP contribution in [-0.4, -0.2) is 37.7 Å². The second kappa shape index (κ2) is 8.96. The topological polar surface area (TPSA) is 84.7 Å². The van der Waals surface area contributed by atoms with Gasteiger partial charge in [0.2, 0.25) is 11.0 Å². The average Bonchev–Trinajstić information content (AvgIpc) is 3.35. The number of carbonyl (C=O) groups excluding carboxylic acids is 1. The van der Waals surface area contributed by atoms with Gasteiger partial charge in [0.05, 0.1) is 18.0 Å². The van der Waals surface area contributed by atoms with Gasteiger partial charge in [-0.3, -0.25) is 9.48 Å². The van der Waals surface area contributed by atoms with Gasteiger partial charge in [-0.05, 0) is 32.3 Å². The van der Waals surface area contributed by atoms with Crippen molar-refractivity contribution in [1.82, 2.24) is 25.3 Å². The summed E-state index contributed by atoms with van der Waals surface area (Å²) >= 11 is 2.92. The maximum absolute atomic E-state index is 12.3. The van der Waals surface area contributed by atoms with Crippen LogP contribution in [0.1, 0.15) is 35.4 Å². The number of rotatable bonds is 9. The standard InChI is InChI=1S/C20H24N6OS2/c1-13-17(14(2)26(25-13)11-15-6-4-3-5-7-15)10-21-18(27)12-28-20-24-23-19(29-20)22-16-8-9-16/h3-7,16H,8-12H2,1-2H3,(H,21,27)(H,22,23). The van der Waals surface area contributed by atoms with Gasteiger partial charge >= 0.3 is 0 Å². The van der Waals surface area contributed by atoms with Crippen molar-refractivity contribution in [2.75, 3.05) is 11.1 Å². The number of amides is 1. The van der Waals surface area contributed by atoms with E-state index >= 15 is 0 Å². The fourth-order valence-corrected chi connectivity index (χ4v) is 4.65. The molecule has 3 aromatic rings. The minimum atomic E-state index is -0.0171. The molecule has 2 aromatic heterocycles. The summed E-state index contributed by atoms with van der Waals surface area (Å²) in [6, 6.07) is 10.8. The van der Waals surface area contributed by atoms with Gasteiger partial charge in [0.15, 0.2) is 4.34 Å². The molecule has 1 saturated carbocycles. The molecule has 9 heteroatoms. The molecule has 0 aliphatic heterocycles. The molecule has 0 atom stereocenters. The Labute approximate surface area is 178 Å². The number of benzene rings is 1. The highest BCUT2D eigenvalue weighted by Gasteiger charge is 2.22. The smallest absolute Gasteiger partial charge is 0.230 e. The first-order valence-electron chi connectivity index (χ1n) is 9.65. The monoisotopic (exact) mass is 428 g/mol. The Morgan fingerprint density at radius 3 is 2.79 bits per heavy atom. The summed E-state index contributed by atoms with van der Waals surface area (Å²) in [6.45, 7) is 5.25. The normalized spacial score (nSPS) is 13.4. The molecule has 0 saturated heterocycles. The van der Waals surface area contributed by atoms with Crippen molar-refractivity contribution in [2.24, 2.45) is 0 Å². The molecule has 1 aromatic carbocycles. The largest absolute Gasteiger partial charge is 0.357 e. The van der Waals surface area contributed by atoms with E-state index in [9.17, 15) is 4.79 Å². The molecular formula is C20H24N6OS2. The molecule has 29 heavy (non-hydrogen) atoms. The molecule has 1 fully saturated rings. The molecule has 0 unspecified atom stereocenters. The second-order valence-corrected chi connectivity index (χ2v) is 9.35. The van der Waals surface area contributed by atoms with Crippen molar-refractivity contribution in [3.05, 3.63) is 52.8 Å². The van der Waals surface area contributed by atoms with Gasteiger partial charge in [-0.15, -0.1) is 10.2 Å². The summed E-state index contributed by atoms with van der Waals surface area (Å²) in [5, 5.41) is 20.1. The lowest BCUT2D eigenvalue weighted by atomic mass is 10.2. The first-order chi connectivity index (χ1) is 14.1. The minimum Gasteiger partial charge on any atom is -0.357 e. The zero-order valence-corrected chi connectivity index (χ0v) is 18.1. The van der Waals surface area contributed by atoms with Gasteiger partial charge in [0, 0.05) is 23.8 Å². The molecule has 4 rings (SSSR count). The molecule has 1 aliphatic rings. The summed E-state index contributed by atoms with van der Waals surface area (Å²) in [6.07, 6.45) is 2.40. The van der Waals surface area contributed by atoms with E-state index in [1.54, 1.807) is 0 Å². The van der Waals surface area contributed by atoms with Crippen LogP contribution in [0.15, 0.2) is 34.7 Å². The quantitative estimate of drug-likeness (QED) is 0.508. The van der Waals surface area contributed by atoms with Crippen LogP contribution in [0.4, 0.5) is 5.13 Å². The molecule has 1 aliphatic carbocycles. The molecule has 0 radical (unpaired) electrons. The Morgan fingerprint density at radius 2 is 2.03 bits per heavy atom. The lowest BCUT2D eigenvalue weighted by molar-refractivity contribution is -0.118. The number of carbonyl (C=O) groups is 1. The third-order valence-corrected chi connectivity index (χ3v) is 6.79. The number of hydrogen-bond donors (Lipinski definition) is 2. The van der Waals surface area contributed by atoms with E-state index in [0.717, 1.165) is 33.0 Å². The lowest BCUT2D eigenvalue weighted by Gasteiger charge is -2.07. The van der Waals surface area contributed by atoms with Gasteiger partial charge in [0.25, 0.3) is 0 Å². The Bertz CT molecular complexity index is 980. The number of nitrogens with zero attached hydrogens (tertiary/aromatic N) is 4. The predicted octanol–water partition coefficient (Wildman–Crippen LogP) is 3.38.